The molecule has 17 nitrogen and oxygen atoms in total. The summed E-state index contributed by atoms with van der Waals surface area (Å²) in [4.78, 5) is 67.9. The standard InChI is InChI=1S/C3H8N2O.C3H7NO2.3C3H7NO.C3H6O2.C3H6O.C2H7N.C2H6O/c1-4-3(6)5-2;1-4-3(5)6-2;3*1-3(5)4-2;1-3(4)5-2;1-3(2)4;2*1-3-2/h1-2H3,(H2,4,5,6);1-2H3,(H,4,5);3*1-2H3,(H,4,5);1-2H3;1-2H3;3H,1-2H3;1-2H3. The van der Waals surface area contributed by atoms with Gasteiger partial charge in [0.05, 0.1) is 14.2 Å². The van der Waals surface area contributed by atoms with Crippen molar-refractivity contribution in [1.82, 2.24) is 37.2 Å². The number of carbonyl (C=O) groups excluding carboxylic acids is 7. The summed E-state index contributed by atoms with van der Waals surface area (Å²) in [5.74, 6) is -0.0648. The van der Waals surface area contributed by atoms with Gasteiger partial charge in [-0.05, 0) is 27.9 Å². The summed E-state index contributed by atoms with van der Waals surface area (Å²) in [6, 6.07) is -0.157. The van der Waals surface area contributed by atoms with Crippen LogP contribution >= 0.6 is 0 Å². The Morgan fingerprint density at radius 3 is 0.595 bits per heavy atom. The summed E-state index contributed by atoms with van der Waals surface area (Å²) in [5, 5.41) is 16.9. The van der Waals surface area contributed by atoms with Crippen LogP contribution in [0, 0.1) is 0 Å². The summed E-state index contributed by atoms with van der Waals surface area (Å²) in [6.45, 7) is 8.83. The molecule has 7 N–H and O–H groups in total. The van der Waals surface area contributed by atoms with Crippen molar-refractivity contribution < 1.29 is 47.8 Å². The highest BCUT2D eigenvalue weighted by molar-refractivity contribution is 5.73. The smallest absolute Gasteiger partial charge is 0.406 e. The number of nitrogens with one attached hydrogen (secondary N) is 7. The van der Waals surface area contributed by atoms with Crippen LogP contribution in [0.3, 0.4) is 0 Å². The first-order valence-corrected chi connectivity index (χ1v) is 12.0. The lowest BCUT2D eigenvalue weighted by Crippen LogP contribution is -2.28. The molecule has 0 aliphatic heterocycles. The Morgan fingerprint density at radius 1 is 0.429 bits per heavy atom. The molecule has 0 aliphatic rings. The molecule has 0 bridgehead atoms. The van der Waals surface area contributed by atoms with Crippen LogP contribution in [0.2, 0.25) is 0 Å². The fourth-order valence-electron chi connectivity index (χ4n) is 0.227. The Labute approximate surface area is 253 Å². The van der Waals surface area contributed by atoms with E-state index >= 15 is 0 Å². The quantitative estimate of drug-likeness (QED) is 0.173. The number of methoxy groups -OCH3 is 3. The Kier molecular flexibility index (Phi) is 96.9. The van der Waals surface area contributed by atoms with Crippen LogP contribution in [-0.4, -0.2) is 126 Å². The average Bonchev–Trinajstić information content (AvgIpc) is 2.94. The van der Waals surface area contributed by atoms with Crippen molar-refractivity contribution in [1.29, 1.82) is 0 Å². The number of rotatable bonds is 0. The summed E-state index contributed by atoms with van der Waals surface area (Å²) >= 11 is 0. The van der Waals surface area contributed by atoms with Gasteiger partial charge in [-0.1, -0.05) is 0 Å². The lowest BCUT2D eigenvalue weighted by Gasteiger charge is -1.91. The van der Waals surface area contributed by atoms with Crippen LogP contribution in [0.1, 0.15) is 41.5 Å². The molecule has 0 aromatic rings. The number of ketones is 1. The summed E-state index contributed by atoms with van der Waals surface area (Å²) < 4.78 is 12.5. The van der Waals surface area contributed by atoms with E-state index in [0.717, 1.165) is 0 Å². The Hall–Kier alpha value is -3.99. The summed E-state index contributed by atoms with van der Waals surface area (Å²) in [6.07, 6.45) is -0.407. The SMILES string of the molecule is CC(C)=O.CNC.CNC(=O)NC.CNC(=O)OC.CNC(C)=O.CNC(C)=O.CNC(C)=O.COC.COC(C)=O. The molecule has 256 valence electrons. The normalized spacial score (nSPS) is 6.71. The number of Topliss-reactive ketones (excluding diaryl/α,β-unsaturated/α-hetero) is 1. The number of amides is 6. The van der Waals surface area contributed by atoms with E-state index in [1.54, 1.807) is 49.5 Å². The zero-order valence-corrected chi connectivity index (χ0v) is 29.1. The fourth-order valence-corrected chi connectivity index (χ4v) is 0.227. The van der Waals surface area contributed by atoms with Crippen LogP contribution in [-0.2, 0) is 38.2 Å². The summed E-state index contributed by atoms with van der Waals surface area (Å²) in [5.41, 5.74) is 0. The van der Waals surface area contributed by atoms with E-state index in [0.29, 0.717) is 0 Å². The van der Waals surface area contributed by atoms with Crippen molar-refractivity contribution in [3.05, 3.63) is 0 Å². The summed E-state index contributed by atoms with van der Waals surface area (Å²) in [7, 11) is 19.1. The molecular formula is C25H61N7O10. The molecule has 0 aromatic heterocycles. The molecular weight excluding hydrogens is 558 g/mol. The monoisotopic (exact) mass is 619 g/mol. The maximum absolute atomic E-state index is 9.96. The molecule has 6 amide bonds. The Bertz CT molecular complexity index is 532. The van der Waals surface area contributed by atoms with Gasteiger partial charge in [-0.2, -0.15) is 0 Å². The van der Waals surface area contributed by atoms with Crippen LogP contribution < -0.4 is 37.2 Å². The van der Waals surface area contributed by atoms with Crippen molar-refractivity contribution in [2.24, 2.45) is 0 Å². The third kappa shape index (κ3) is 306. The number of hydrogen-bond acceptors (Lipinski definition) is 11. The van der Waals surface area contributed by atoms with E-state index in [1.165, 1.54) is 62.8 Å². The number of ether oxygens (including phenoxy) is 3. The molecule has 0 rings (SSSR count). The van der Waals surface area contributed by atoms with Gasteiger partial charge in [-0.25, -0.2) is 9.59 Å². The molecule has 0 saturated heterocycles. The third-order valence-corrected chi connectivity index (χ3v) is 2.19. The largest absolute Gasteiger partial charge is 0.469 e. The third-order valence-electron chi connectivity index (χ3n) is 2.19. The van der Waals surface area contributed by atoms with Crippen LogP contribution in [0.5, 0.6) is 0 Å². The van der Waals surface area contributed by atoms with Gasteiger partial charge in [-0.15, -0.1) is 0 Å². The molecule has 17 heteroatoms. The minimum atomic E-state index is -0.407. The van der Waals surface area contributed by atoms with Crippen molar-refractivity contribution in [3.8, 4) is 0 Å². The van der Waals surface area contributed by atoms with Crippen LogP contribution in [0.15, 0.2) is 0 Å². The topological polar surface area (TPSA) is 231 Å². The molecule has 0 atom stereocenters. The molecule has 0 heterocycles. The Morgan fingerprint density at radius 2 is 0.595 bits per heavy atom. The fraction of sp³-hybridized carbons (Fsp3) is 0.720. The minimum Gasteiger partial charge on any atom is -0.469 e. The van der Waals surface area contributed by atoms with Crippen molar-refractivity contribution in [2.75, 3.05) is 84.8 Å². The maximum Gasteiger partial charge on any atom is 0.406 e. The van der Waals surface area contributed by atoms with E-state index in [4.69, 9.17) is 0 Å². The number of carbonyl (C=O) groups is 7. The first-order valence-electron chi connectivity index (χ1n) is 12.0. The number of alkyl carbamates (subject to hydrolysis) is 1. The second kappa shape index (κ2) is 65.8. The van der Waals surface area contributed by atoms with Crippen molar-refractivity contribution >= 4 is 41.6 Å². The van der Waals surface area contributed by atoms with Crippen LogP contribution in [0.4, 0.5) is 9.59 Å². The second-order valence-corrected chi connectivity index (χ2v) is 6.50. The second-order valence-electron chi connectivity index (χ2n) is 6.50. The van der Waals surface area contributed by atoms with Crippen molar-refractivity contribution in [3.63, 3.8) is 0 Å². The highest BCUT2D eigenvalue weighted by Gasteiger charge is 1.85. The zero-order valence-electron chi connectivity index (χ0n) is 29.1. The number of esters is 1. The molecule has 0 aliphatic carbocycles. The van der Waals surface area contributed by atoms with Gasteiger partial charge in [0.25, 0.3) is 0 Å². The molecule has 0 aromatic carbocycles. The lowest BCUT2D eigenvalue weighted by molar-refractivity contribution is -0.138. The van der Waals surface area contributed by atoms with Crippen LogP contribution in [0.25, 0.3) is 0 Å². The predicted molar refractivity (Wildman–Crippen MR) is 166 cm³/mol. The van der Waals surface area contributed by atoms with E-state index in [2.05, 4.69) is 51.4 Å². The predicted octanol–water partition coefficient (Wildman–Crippen LogP) is -0.353. The van der Waals surface area contributed by atoms with Crippen molar-refractivity contribution in [2.45, 2.75) is 41.5 Å². The molecule has 0 spiro atoms. The maximum atomic E-state index is 9.96. The molecule has 0 saturated carbocycles. The van der Waals surface area contributed by atoms with Gasteiger partial charge < -0.3 is 56.2 Å². The minimum absolute atomic E-state index is 0.00463. The zero-order chi connectivity index (χ0) is 36.1. The van der Waals surface area contributed by atoms with Gasteiger partial charge in [0, 0.05) is 84.2 Å². The van der Waals surface area contributed by atoms with E-state index in [1.807, 2.05) is 14.1 Å². The van der Waals surface area contributed by atoms with E-state index in [-0.39, 0.29) is 35.5 Å². The number of hydrogen-bond donors (Lipinski definition) is 7. The van der Waals surface area contributed by atoms with Gasteiger partial charge >= 0.3 is 18.1 Å². The van der Waals surface area contributed by atoms with E-state index in [9.17, 15) is 33.6 Å². The van der Waals surface area contributed by atoms with Gasteiger partial charge in [0.2, 0.25) is 17.7 Å². The first-order chi connectivity index (χ1) is 19.3. The van der Waals surface area contributed by atoms with Gasteiger partial charge in [0.1, 0.15) is 5.78 Å². The highest BCUT2D eigenvalue weighted by atomic mass is 16.5. The molecule has 0 fully saturated rings. The number of urea groups is 1. The lowest BCUT2D eigenvalue weighted by atomic mass is 10.6. The average molecular weight is 620 g/mol. The molecule has 0 radical (unpaired) electrons. The highest BCUT2D eigenvalue weighted by Crippen LogP contribution is 1.62. The van der Waals surface area contributed by atoms with E-state index < -0.39 is 6.09 Å². The van der Waals surface area contributed by atoms with Gasteiger partial charge in [0.15, 0.2) is 0 Å². The van der Waals surface area contributed by atoms with Gasteiger partial charge in [-0.3, -0.25) is 19.2 Å². The molecule has 0 unspecified atom stereocenters. The Balaban J connectivity index is -0.0000000420. The molecule has 42 heavy (non-hydrogen) atoms. The first kappa shape index (κ1) is 61.9.